The van der Waals surface area contributed by atoms with E-state index >= 15 is 0 Å². The van der Waals surface area contributed by atoms with Gasteiger partial charge < -0.3 is 10.2 Å². The molecule has 1 N–H and O–H groups in total. The van der Waals surface area contributed by atoms with Gasteiger partial charge in [0.15, 0.2) is 5.82 Å². The minimum atomic E-state index is 0.0156. The number of rotatable bonds is 5. The van der Waals surface area contributed by atoms with E-state index in [-0.39, 0.29) is 17.9 Å². The summed E-state index contributed by atoms with van der Waals surface area (Å²) >= 11 is 0. The first-order chi connectivity index (χ1) is 13.0. The topological polar surface area (TPSA) is 78.4 Å². The number of carbonyl (C=O) groups is 2. The molecule has 2 aromatic rings. The predicted molar refractivity (Wildman–Crippen MR) is 103 cm³/mol. The highest BCUT2D eigenvalue weighted by atomic mass is 16.2. The molecule has 0 radical (unpaired) electrons. The van der Waals surface area contributed by atoms with E-state index in [1.54, 1.807) is 18.5 Å². The van der Waals surface area contributed by atoms with Gasteiger partial charge in [-0.2, -0.15) is 0 Å². The molecule has 3 rings (SSSR count). The predicted octanol–water partition coefficient (Wildman–Crippen LogP) is 1.43. The van der Waals surface area contributed by atoms with Gasteiger partial charge >= 0.3 is 0 Å². The normalized spacial score (nSPS) is 15.0. The van der Waals surface area contributed by atoms with Gasteiger partial charge in [-0.25, -0.2) is 9.97 Å². The van der Waals surface area contributed by atoms with Crippen molar-refractivity contribution in [3.05, 3.63) is 48.3 Å². The van der Waals surface area contributed by atoms with Crippen LogP contribution < -0.4 is 5.32 Å². The van der Waals surface area contributed by atoms with Crippen LogP contribution in [0.1, 0.15) is 24.2 Å². The van der Waals surface area contributed by atoms with Crippen molar-refractivity contribution < 1.29 is 9.59 Å². The molecular weight excluding hydrogens is 342 g/mol. The van der Waals surface area contributed by atoms with Gasteiger partial charge in [-0.05, 0) is 32.0 Å². The summed E-state index contributed by atoms with van der Waals surface area (Å²) in [4.78, 5) is 36.9. The summed E-state index contributed by atoms with van der Waals surface area (Å²) < 4.78 is 0. The molecule has 2 heterocycles. The number of amides is 2. The molecule has 7 nitrogen and oxygen atoms in total. The number of benzene rings is 1. The zero-order valence-corrected chi connectivity index (χ0v) is 15.8. The van der Waals surface area contributed by atoms with E-state index in [2.05, 4.69) is 20.2 Å². The van der Waals surface area contributed by atoms with E-state index in [9.17, 15) is 9.59 Å². The summed E-state index contributed by atoms with van der Waals surface area (Å²) in [6, 6.07) is 9.29. The van der Waals surface area contributed by atoms with Gasteiger partial charge in [-0.3, -0.25) is 14.5 Å². The van der Waals surface area contributed by atoms with Crippen molar-refractivity contribution in [3.8, 4) is 11.4 Å². The van der Waals surface area contributed by atoms with Crippen molar-refractivity contribution in [1.29, 1.82) is 0 Å². The van der Waals surface area contributed by atoms with E-state index in [0.717, 1.165) is 5.56 Å². The first-order valence-electron chi connectivity index (χ1n) is 9.21. The van der Waals surface area contributed by atoms with E-state index in [0.29, 0.717) is 44.1 Å². The zero-order valence-electron chi connectivity index (χ0n) is 15.8. The monoisotopic (exact) mass is 367 g/mol. The Kier molecular flexibility index (Phi) is 6.13. The van der Waals surface area contributed by atoms with Gasteiger partial charge in [0.05, 0.1) is 6.54 Å². The summed E-state index contributed by atoms with van der Waals surface area (Å²) in [6.45, 7) is 6.93. The van der Waals surface area contributed by atoms with Crippen LogP contribution in [0.15, 0.2) is 42.7 Å². The summed E-state index contributed by atoms with van der Waals surface area (Å²) in [5, 5.41) is 2.90. The van der Waals surface area contributed by atoms with Gasteiger partial charge in [0.25, 0.3) is 5.91 Å². The van der Waals surface area contributed by atoms with Crippen molar-refractivity contribution in [2.45, 2.75) is 19.9 Å². The van der Waals surface area contributed by atoms with E-state index < -0.39 is 0 Å². The molecule has 1 aromatic heterocycles. The van der Waals surface area contributed by atoms with Crippen LogP contribution in [0.4, 0.5) is 0 Å². The van der Waals surface area contributed by atoms with E-state index in [4.69, 9.17) is 0 Å². The summed E-state index contributed by atoms with van der Waals surface area (Å²) in [6.07, 6.45) is 3.39. The maximum absolute atomic E-state index is 12.7. The first-order valence-corrected chi connectivity index (χ1v) is 9.21. The lowest BCUT2D eigenvalue weighted by molar-refractivity contribution is -0.123. The summed E-state index contributed by atoms with van der Waals surface area (Å²) in [7, 11) is 0. The average molecular weight is 367 g/mol. The van der Waals surface area contributed by atoms with Crippen molar-refractivity contribution in [2.75, 3.05) is 32.7 Å². The minimum absolute atomic E-state index is 0.0156. The third kappa shape index (κ3) is 5.10. The largest absolute Gasteiger partial charge is 0.353 e. The van der Waals surface area contributed by atoms with Crippen LogP contribution in [0.3, 0.4) is 0 Å². The lowest BCUT2D eigenvalue weighted by Crippen LogP contribution is -2.51. The first kappa shape index (κ1) is 19.0. The van der Waals surface area contributed by atoms with Gasteiger partial charge in [0, 0.05) is 55.7 Å². The smallest absolute Gasteiger partial charge is 0.253 e. The molecule has 2 amide bonds. The van der Waals surface area contributed by atoms with E-state index in [1.165, 1.54) is 0 Å². The Balaban J connectivity index is 1.54. The van der Waals surface area contributed by atoms with Crippen LogP contribution in [0.2, 0.25) is 0 Å². The Hall–Kier alpha value is -2.80. The van der Waals surface area contributed by atoms with Crippen molar-refractivity contribution in [3.63, 3.8) is 0 Å². The molecule has 142 valence electrons. The molecule has 27 heavy (non-hydrogen) atoms. The van der Waals surface area contributed by atoms with Crippen molar-refractivity contribution in [2.24, 2.45) is 0 Å². The molecule has 0 saturated carbocycles. The summed E-state index contributed by atoms with van der Waals surface area (Å²) in [5.41, 5.74) is 1.54. The lowest BCUT2D eigenvalue weighted by Gasteiger charge is -2.34. The Morgan fingerprint density at radius 1 is 1.04 bits per heavy atom. The van der Waals surface area contributed by atoms with Gasteiger partial charge in [0.2, 0.25) is 5.91 Å². The van der Waals surface area contributed by atoms with Crippen molar-refractivity contribution >= 4 is 11.8 Å². The zero-order chi connectivity index (χ0) is 19.2. The number of carbonyl (C=O) groups excluding carboxylic acids is 2. The second kappa shape index (κ2) is 8.73. The molecule has 0 atom stereocenters. The van der Waals surface area contributed by atoms with Gasteiger partial charge in [0.1, 0.15) is 0 Å². The molecule has 1 aromatic carbocycles. The number of hydrogen-bond donors (Lipinski definition) is 1. The molecule has 7 heteroatoms. The fourth-order valence-electron chi connectivity index (χ4n) is 3.07. The third-order valence-electron chi connectivity index (χ3n) is 4.43. The molecule has 1 aliphatic heterocycles. The van der Waals surface area contributed by atoms with Crippen LogP contribution >= 0.6 is 0 Å². The minimum Gasteiger partial charge on any atom is -0.353 e. The molecular formula is C20H25N5O2. The Bertz CT molecular complexity index is 769. The molecule has 1 aliphatic rings. The van der Waals surface area contributed by atoms with Crippen LogP contribution in [0.25, 0.3) is 11.4 Å². The highest BCUT2D eigenvalue weighted by Crippen LogP contribution is 2.16. The molecule has 0 bridgehead atoms. The van der Waals surface area contributed by atoms with Crippen LogP contribution in [-0.2, 0) is 4.79 Å². The Labute approximate surface area is 159 Å². The molecule has 0 unspecified atom stereocenters. The SMILES string of the molecule is CC(C)NC(=O)CN1CCN(C(=O)c2ccc(-c3ncccn3)cc2)CC1. The second-order valence-corrected chi connectivity index (χ2v) is 6.94. The lowest BCUT2D eigenvalue weighted by atomic mass is 10.1. The highest BCUT2D eigenvalue weighted by molar-refractivity contribution is 5.94. The standard InChI is InChI=1S/C20H25N5O2/c1-15(2)23-18(26)14-24-10-12-25(13-11-24)20(27)17-6-4-16(5-7-17)19-21-8-3-9-22-19/h3-9,15H,10-14H2,1-2H3,(H,23,26). The van der Waals surface area contributed by atoms with E-state index in [1.807, 2.05) is 43.0 Å². The van der Waals surface area contributed by atoms with Gasteiger partial charge in [-0.15, -0.1) is 0 Å². The maximum atomic E-state index is 12.7. The Morgan fingerprint density at radius 3 is 2.26 bits per heavy atom. The van der Waals surface area contributed by atoms with Gasteiger partial charge in [-0.1, -0.05) is 12.1 Å². The fourth-order valence-corrected chi connectivity index (χ4v) is 3.07. The maximum Gasteiger partial charge on any atom is 0.253 e. The van der Waals surface area contributed by atoms with Crippen LogP contribution in [0, 0.1) is 0 Å². The van der Waals surface area contributed by atoms with Crippen LogP contribution in [-0.4, -0.2) is 70.3 Å². The number of nitrogens with one attached hydrogen (secondary N) is 1. The van der Waals surface area contributed by atoms with Crippen molar-refractivity contribution in [1.82, 2.24) is 25.1 Å². The number of aromatic nitrogens is 2. The third-order valence-corrected chi connectivity index (χ3v) is 4.43. The molecule has 0 spiro atoms. The Morgan fingerprint density at radius 2 is 1.67 bits per heavy atom. The second-order valence-electron chi connectivity index (χ2n) is 6.94. The molecule has 1 fully saturated rings. The highest BCUT2D eigenvalue weighted by Gasteiger charge is 2.23. The summed E-state index contributed by atoms with van der Waals surface area (Å²) in [5.74, 6) is 0.690. The number of hydrogen-bond acceptors (Lipinski definition) is 5. The number of nitrogens with zero attached hydrogens (tertiary/aromatic N) is 4. The quantitative estimate of drug-likeness (QED) is 0.865. The molecule has 1 saturated heterocycles. The fraction of sp³-hybridized carbons (Fsp3) is 0.400. The molecule has 0 aliphatic carbocycles. The van der Waals surface area contributed by atoms with Crippen LogP contribution in [0.5, 0.6) is 0 Å². The average Bonchev–Trinajstić information content (AvgIpc) is 2.68. The number of piperazine rings is 1.